The molecule has 0 bridgehead atoms. The van der Waals surface area contributed by atoms with Crippen LogP contribution >= 0.6 is 0 Å². The van der Waals surface area contributed by atoms with Gasteiger partial charge in [0.05, 0.1) is 6.04 Å². The molecule has 2 atom stereocenters. The Bertz CT molecular complexity index is 677. The Hall–Kier alpha value is -1.80. The van der Waals surface area contributed by atoms with Crippen LogP contribution in [0, 0.1) is 0 Å². The van der Waals surface area contributed by atoms with Crippen molar-refractivity contribution in [1.82, 2.24) is 4.90 Å². The van der Waals surface area contributed by atoms with Gasteiger partial charge in [-0.05, 0) is 56.1 Å². The van der Waals surface area contributed by atoms with Gasteiger partial charge in [-0.25, -0.2) is 0 Å². The molecular formula is C20H24N2. The van der Waals surface area contributed by atoms with Crippen LogP contribution in [0.1, 0.15) is 35.6 Å². The van der Waals surface area contributed by atoms with Crippen LogP contribution in [-0.2, 0) is 6.42 Å². The maximum absolute atomic E-state index is 2.66. The molecule has 1 saturated heterocycles. The zero-order valence-electron chi connectivity index (χ0n) is 13.5. The largest absolute Gasteiger partial charge is 0.363 e. The topological polar surface area (TPSA) is 6.48 Å². The van der Waals surface area contributed by atoms with Gasteiger partial charge in [0.1, 0.15) is 0 Å². The van der Waals surface area contributed by atoms with Crippen molar-refractivity contribution in [1.29, 1.82) is 0 Å². The summed E-state index contributed by atoms with van der Waals surface area (Å²) in [7, 11) is 4.42. The Kier molecular flexibility index (Phi) is 3.42. The third kappa shape index (κ3) is 2.22. The minimum absolute atomic E-state index is 0.538. The fourth-order valence-electron chi connectivity index (χ4n) is 4.13. The second-order valence-corrected chi connectivity index (χ2v) is 6.87. The van der Waals surface area contributed by atoms with Crippen LogP contribution in [0.25, 0.3) is 0 Å². The van der Waals surface area contributed by atoms with E-state index in [2.05, 4.69) is 72.4 Å². The van der Waals surface area contributed by atoms with Gasteiger partial charge in [-0.15, -0.1) is 0 Å². The predicted octanol–water partition coefficient (Wildman–Crippen LogP) is 3.86. The van der Waals surface area contributed by atoms with Crippen molar-refractivity contribution in [3.05, 3.63) is 65.2 Å². The van der Waals surface area contributed by atoms with Gasteiger partial charge in [-0.3, -0.25) is 0 Å². The van der Waals surface area contributed by atoms with Gasteiger partial charge in [0.2, 0.25) is 0 Å². The Morgan fingerprint density at radius 1 is 0.909 bits per heavy atom. The summed E-state index contributed by atoms with van der Waals surface area (Å²) in [6, 6.07) is 19.2. The van der Waals surface area contributed by atoms with Crippen LogP contribution in [0.4, 0.5) is 5.69 Å². The molecule has 0 aromatic heterocycles. The minimum atomic E-state index is 0.538. The third-order valence-electron chi connectivity index (χ3n) is 5.38. The third-order valence-corrected chi connectivity index (χ3v) is 5.38. The lowest BCUT2D eigenvalue weighted by molar-refractivity contribution is 0.239. The molecular weight excluding hydrogens is 268 g/mol. The summed E-state index contributed by atoms with van der Waals surface area (Å²) in [6.07, 6.45) is 3.59. The van der Waals surface area contributed by atoms with E-state index in [1.807, 2.05) is 0 Å². The van der Waals surface area contributed by atoms with E-state index in [1.165, 1.54) is 35.2 Å². The molecule has 2 aliphatic heterocycles. The number of rotatable bonds is 1. The molecule has 0 radical (unpaired) electrons. The van der Waals surface area contributed by atoms with Crippen LogP contribution in [0.3, 0.4) is 0 Å². The highest BCUT2D eigenvalue weighted by Crippen LogP contribution is 2.42. The van der Waals surface area contributed by atoms with E-state index in [0.717, 1.165) is 13.0 Å². The number of likely N-dealkylation sites (N-methyl/N-ethyl adjacent to an activating group) is 1. The fourth-order valence-corrected chi connectivity index (χ4v) is 4.13. The van der Waals surface area contributed by atoms with Crippen LogP contribution < -0.4 is 4.90 Å². The van der Waals surface area contributed by atoms with Crippen molar-refractivity contribution in [2.75, 3.05) is 25.5 Å². The lowest BCUT2D eigenvalue weighted by Crippen LogP contribution is -2.46. The van der Waals surface area contributed by atoms with E-state index in [9.17, 15) is 0 Å². The number of benzene rings is 2. The lowest BCUT2D eigenvalue weighted by atomic mass is 9.90. The smallest absolute Gasteiger partial charge is 0.0546 e. The van der Waals surface area contributed by atoms with Crippen molar-refractivity contribution in [3.8, 4) is 0 Å². The number of anilines is 1. The van der Waals surface area contributed by atoms with Gasteiger partial charge in [-0.1, -0.05) is 42.5 Å². The summed E-state index contributed by atoms with van der Waals surface area (Å²) in [5.41, 5.74) is 5.95. The summed E-state index contributed by atoms with van der Waals surface area (Å²) in [4.78, 5) is 5.05. The SMILES string of the molecule is CN(C)C1CCC2c3ccccc3Cc3ccccc3N2C1. The summed E-state index contributed by atoms with van der Waals surface area (Å²) < 4.78 is 0. The molecule has 0 aliphatic carbocycles. The summed E-state index contributed by atoms with van der Waals surface area (Å²) in [5.74, 6) is 0. The molecule has 22 heavy (non-hydrogen) atoms. The summed E-state index contributed by atoms with van der Waals surface area (Å²) in [5, 5.41) is 0. The van der Waals surface area contributed by atoms with Gasteiger partial charge in [0, 0.05) is 18.3 Å². The molecule has 0 amide bonds. The van der Waals surface area contributed by atoms with Crippen molar-refractivity contribution >= 4 is 5.69 Å². The highest BCUT2D eigenvalue weighted by molar-refractivity contribution is 5.60. The summed E-state index contributed by atoms with van der Waals surface area (Å²) in [6.45, 7) is 1.13. The van der Waals surface area contributed by atoms with Gasteiger partial charge in [0.25, 0.3) is 0 Å². The number of nitrogens with zero attached hydrogens (tertiary/aromatic N) is 2. The molecule has 2 aromatic carbocycles. The van der Waals surface area contributed by atoms with Crippen LogP contribution in [-0.4, -0.2) is 31.6 Å². The number of para-hydroxylation sites is 1. The normalized spacial score (nSPS) is 23.5. The molecule has 114 valence electrons. The van der Waals surface area contributed by atoms with Crippen LogP contribution in [0.15, 0.2) is 48.5 Å². The van der Waals surface area contributed by atoms with Gasteiger partial charge >= 0.3 is 0 Å². The minimum Gasteiger partial charge on any atom is -0.363 e. The van der Waals surface area contributed by atoms with E-state index in [-0.39, 0.29) is 0 Å². The number of piperidine rings is 1. The first-order chi connectivity index (χ1) is 10.7. The first-order valence-electron chi connectivity index (χ1n) is 8.33. The van der Waals surface area contributed by atoms with Crippen molar-refractivity contribution in [2.45, 2.75) is 31.3 Å². The molecule has 2 nitrogen and oxygen atoms in total. The monoisotopic (exact) mass is 292 g/mol. The van der Waals surface area contributed by atoms with Crippen LogP contribution in [0.2, 0.25) is 0 Å². The predicted molar refractivity (Wildman–Crippen MR) is 92.5 cm³/mol. The van der Waals surface area contributed by atoms with E-state index in [0.29, 0.717) is 12.1 Å². The van der Waals surface area contributed by atoms with E-state index < -0.39 is 0 Å². The zero-order valence-corrected chi connectivity index (χ0v) is 13.5. The maximum Gasteiger partial charge on any atom is 0.0546 e. The van der Waals surface area contributed by atoms with Gasteiger partial charge in [-0.2, -0.15) is 0 Å². The van der Waals surface area contributed by atoms with Crippen molar-refractivity contribution in [2.24, 2.45) is 0 Å². The van der Waals surface area contributed by atoms with E-state index in [1.54, 1.807) is 0 Å². The zero-order chi connectivity index (χ0) is 15.1. The molecule has 2 heteroatoms. The number of hydrogen-bond acceptors (Lipinski definition) is 2. The molecule has 2 unspecified atom stereocenters. The highest BCUT2D eigenvalue weighted by Gasteiger charge is 2.34. The Morgan fingerprint density at radius 3 is 2.45 bits per heavy atom. The molecule has 2 heterocycles. The molecule has 2 aromatic rings. The second kappa shape index (κ2) is 5.44. The van der Waals surface area contributed by atoms with Crippen molar-refractivity contribution < 1.29 is 0 Å². The average molecular weight is 292 g/mol. The van der Waals surface area contributed by atoms with Gasteiger partial charge in [0.15, 0.2) is 0 Å². The molecule has 0 saturated carbocycles. The molecule has 1 fully saturated rings. The van der Waals surface area contributed by atoms with E-state index >= 15 is 0 Å². The molecule has 2 aliphatic rings. The first kappa shape index (κ1) is 13.8. The number of hydrogen-bond donors (Lipinski definition) is 0. The van der Waals surface area contributed by atoms with Crippen LogP contribution in [0.5, 0.6) is 0 Å². The lowest BCUT2D eigenvalue weighted by Gasteiger charge is -2.43. The maximum atomic E-state index is 2.66. The quantitative estimate of drug-likeness (QED) is 0.787. The number of fused-ring (bicyclic) bond motifs is 5. The van der Waals surface area contributed by atoms with Gasteiger partial charge < -0.3 is 9.80 Å². The Labute approximate surface area is 133 Å². The van der Waals surface area contributed by atoms with Crippen molar-refractivity contribution in [3.63, 3.8) is 0 Å². The van der Waals surface area contributed by atoms with E-state index in [4.69, 9.17) is 0 Å². The average Bonchev–Trinajstić information content (AvgIpc) is 2.69. The molecule has 0 N–H and O–H groups in total. The molecule has 4 rings (SSSR count). The first-order valence-corrected chi connectivity index (χ1v) is 8.33. The fraction of sp³-hybridized carbons (Fsp3) is 0.400. The highest BCUT2D eigenvalue weighted by atomic mass is 15.2. The Balaban J connectivity index is 1.83. The second-order valence-electron chi connectivity index (χ2n) is 6.87. The standard InChI is InChI=1S/C20H24N2/c1-21(2)17-11-12-20-18-9-5-3-7-15(18)13-16-8-4-6-10-19(16)22(20)14-17/h3-10,17,20H,11-14H2,1-2H3. The summed E-state index contributed by atoms with van der Waals surface area (Å²) >= 11 is 0. The Morgan fingerprint density at radius 2 is 1.64 bits per heavy atom. The molecule has 0 spiro atoms.